The number of hydrogen-bond acceptors (Lipinski definition) is 3. The Bertz CT molecular complexity index is 181. The van der Waals surface area contributed by atoms with Crippen molar-refractivity contribution in [1.82, 2.24) is 0 Å². The zero-order valence-corrected chi connectivity index (χ0v) is 5.63. The fourth-order valence-corrected chi connectivity index (χ4v) is 1.12. The molecule has 56 valence electrons. The van der Waals surface area contributed by atoms with Crippen molar-refractivity contribution in [2.75, 3.05) is 6.61 Å². The average Bonchev–Trinajstić information content (AvgIpc) is 2.34. The first-order chi connectivity index (χ1) is 4.75. The Morgan fingerprint density at radius 2 is 2.20 bits per heavy atom. The van der Waals surface area contributed by atoms with Crippen molar-refractivity contribution in [3.63, 3.8) is 0 Å². The van der Waals surface area contributed by atoms with Gasteiger partial charge in [-0.05, 0) is 12.8 Å². The van der Waals surface area contributed by atoms with Gasteiger partial charge < -0.3 is 10.2 Å². The maximum absolute atomic E-state index is 10.8. The van der Waals surface area contributed by atoms with Crippen LogP contribution >= 0.6 is 0 Å². The maximum Gasteiger partial charge on any atom is 0.187 e. The highest BCUT2D eigenvalue weighted by Gasteiger charge is 2.18. The SMILES string of the molecule is O=C(CO)C1=C(O)CCC1. The second-order valence-electron chi connectivity index (χ2n) is 2.36. The van der Waals surface area contributed by atoms with Crippen LogP contribution in [-0.4, -0.2) is 22.6 Å². The highest BCUT2D eigenvalue weighted by atomic mass is 16.3. The summed E-state index contributed by atoms with van der Waals surface area (Å²) in [5, 5.41) is 17.5. The van der Waals surface area contributed by atoms with Crippen LogP contribution in [0.3, 0.4) is 0 Å². The average molecular weight is 142 g/mol. The number of ketones is 1. The number of Topliss-reactive ketones (excluding diaryl/α,β-unsaturated/α-hetero) is 1. The van der Waals surface area contributed by atoms with Gasteiger partial charge in [0.2, 0.25) is 0 Å². The standard InChI is InChI=1S/C7H10O3/c8-4-7(10)5-2-1-3-6(5)9/h8-9H,1-4H2. The summed E-state index contributed by atoms with van der Waals surface area (Å²) in [5.41, 5.74) is 0.419. The van der Waals surface area contributed by atoms with Crippen molar-refractivity contribution in [1.29, 1.82) is 0 Å². The van der Waals surface area contributed by atoms with Crippen molar-refractivity contribution in [2.24, 2.45) is 0 Å². The van der Waals surface area contributed by atoms with E-state index in [9.17, 15) is 4.79 Å². The molecule has 0 radical (unpaired) electrons. The molecule has 1 aliphatic rings. The summed E-state index contributed by atoms with van der Waals surface area (Å²) in [7, 11) is 0. The van der Waals surface area contributed by atoms with Gasteiger partial charge in [-0.25, -0.2) is 0 Å². The van der Waals surface area contributed by atoms with Crippen LogP contribution in [0.2, 0.25) is 0 Å². The summed E-state index contributed by atoms with van der Waals surface area (Å²) in [5.74, 6) is -0.172. The minimum Gasteiger partial charge on any atom is -0.512 e. The molecule has 0 spiro atoms. The molecule has 0 atom stereocenters. The van der Waals surface area contributed by atoms with Crippen LogP contribution < -0.4 is 0 Å². The molecule has 0 fully saturated rings. The zero-order valence-electron chi connectivity index (χ0n) is 5.63. The Labute approximate surface area is 59.0 Å². The van der Waals surface area contributed by atoms with Crippen LogP contribution in [0.25, 0.3) is 0 Å². The van der Waals surface area contributed by atoms with Crippen molar-refractivity contribution in [2.45, 2.75) is 19.3 Å². The molecular formula is C7H10O3. The van der Waals surface area contributed by atoms with E-state index in [2.05, 4.69) is 0 Å². The first kappa shape index (κ1) is 7.28. The van der Waals surface area contributed by atoms with Gasteiger partial charge in [-0.2, -0.15) is 0 Å². The van der Waals surface area contributed by atoms with E-state index in [0.717, 1.165) is 6.42 Å². The predicted octanol–water partition coefficient (Wildman–Crippen LogP) is 0.544. The summed E-state index contributed by atoms with van der Waals surface area (Å²) >= 11 is 0. The number of rotatable bonds is 2. The topological polar surface area (TPSA) is 57.5 Å². The first-order valence-electron chi connectivity index (χ1n) is 3.30. The molecule has 0 amide bonds. The number of aliphatic hydroxyl groups is 2. The number of carbonyl (C=O) groups is 1. The Balaban J connectivity index is 2.71. The molecule has 0 heterocycles. The van der Waals surface area contributed by atoms with Gasteiger partial charge >= 0.3 is 0 Å². The van der Waals surface area contributed by atoms with Gasteiger partial charge in [0.05, 0.1) is 5.76 Å². The fourth-order valence-electron chi connectivity index (χ4n) is 1.12. The van der Waals surface area contributed by atoms with Crippen molar-refractivity contribution in [3.8, 4) is 0 Å². The molecule has 1 rings (SSSR count). The summed E-state index contributed by atoms with van der Waals surface area (Å²) in [6.45, 7) is -0.487. The van der Waals surface area contributed by atoms with E-state index in [-0.39, 0.29) is 11.5 Å². The van der Waals surface area contributed by atoms with Gasteiger partial charge in [-0.15, -0.1) is 0 Å². The third kappa shape index (κ3) is 1.19. The summed E-state index contributed by atoms with van der Waals surface area (Å²) in [6, 6.07) is 0. The van der Waals surface area contributed by atoms with E-state index in [1.165, 1.54) is 0 Å². The van der Waals surface area contributed by atoms with Crippen LogP contribution in [-0.2, 0) is 4.79 Å². The molecule has 0 bridgehead atoms. The Morgan fingerprint density at radius 3 is 2.60 bits per heavy atom. The Hall–Kier alpha value is -0.830. The van der Waals surface area contributed by atoms with E-state index in [1.54, 1.807) is 0 Å². The second kappa shape index (κ2) is 2.84. The highest BCUT2D eigenvalue weighted by Crippen LogP contribution is 2.23. The molecule has 0 aromatic rings. The zero-order chi connectivity index (χ0) is 7.56. The van der Waals surface area contributed by atoms with Crippen LogP contribution in [0.1, 0.15) is 19.3 Å². The predicted molar refractivity (Wildman–Crippen MR) is 35.6 cm³/mol. The third-order valence-electron chi connectivity index (χ3n) is 1.67. The molecule has 0 aromatic heterocycles. The number of hydrogen-bond donors (Lipinski definition) is 2. The number of carbonyl (C=O) groups excluding carboxylic acids is 1. The summed E-state index contributed by atoms with van der Waals surface area (Å²) in [6.07, 6.45) is 2.03. The van der Waals surface area contributed by atoms with Gasteiger partial charge in [-0.3, -0.25) is 4.79 Å². The van der Waals surface area contributed by atoms with E-state index >= 15 is 0 Å². The minimum absolute atomic E-state index is 0.166. The summed E-state index contributed by atoms with van der Waals surface area (Å²) < 4.78 is 0. The van der Waals surface area contributed by atoms with Gasteiger partial charge in [0, 0.05) is 12.0 Å². The molecule has 0 unspecified atom stereocenters. The van der Waals surface area contributed by atoms with Crippen LogP contribution in [0.5, 0.6) is 0 Å². The van der Waals surface area contributed by atoms with Crippen LogP contribution in [0.4, 0.5) is 0 Å². The molecule has 0 saturated carbocycles. The van der Waals surface area contributed by atoms with Crippen molar-refractivity contribution < 1.29 is 15.0 Å². The van der Waals surface area contributed by atoms with E-state index in [4.69, 9.17) is 10.2 Å². The molecule has 0 aliphatic heterocycles. The van der Waals surface area contributed by atoms with Crippen LogP contribution in [0, 0.1) is 0 Å². The molecule has 0 aromatic carbocycles. The Morgan fingerprint density at radius 1 is 1.50 bits per heavy atom. The third-order valence-corrected chi connectivity index (χ3v) is 1.67. The quantitative estimate of drug-likeness (QED) is 0.591. The smallest absolute Gasteiger partial charge is 0.187 e. The normalized spacial score (nSPS) is 18.1. The molecular weight excluding hydrogens is 132 g/mol. The molecule has 10 heavy (non-hydrogen) atoms. The highest BCUT2D eigenvalue weighted by molar-refractivity contribution is 5.96. The maximum atomic E-state index is 10.8. The molecule has 1 aliphatic carbocycles. The second-order valence-corrected chi connectivity index (χ2v) is 2.36. The molecule has 2 N–H and O–H groups in total. The largest absolute Gasteiger partial charge is 0.512 e. The monoisotopic (exact) mass is 142 g/mol. The Kier molecular flexibility index (Phi) is 2.06. The molecule has 3 heteroatoms. The molecule has 3 nitrogen and oxygen atoms in total. The first-order valence-corrected chi connectivity index (χ1v) is 3.30. The van der Waals surface area contributed by atoms with Crippen molar-refractivity contribution >= 4 is 5.78 Å². The minimum atomic E-state index is -0.487. The molecule has 0 saturated heterocycles. The van der Waals surface area contributed by atoms with E-state index in [1.807, 2.05) is 0 Å². The van der Waals surface area contributed by atoms with Gasteiger partial charge in [0.1, 0.15) is 6.61 Å². The number of allylic oxidation sites excluding steroid dienone is 1. The van der Waals surface area contributed by atoms with Crippen molar-refractivity contribution in [3.05, 3.63) is 11.3 Å². The lowest BCUT2D eigenvalue weighted by Crippen LogP contribution is -2.06. The van der Waals surface area contributed by atoms with Gasteiger partial charge in [-0.1, -0.05) is 0 Å². The summed E-state index contributed by atoms with van der Waals surface area (Å²) in [4.78, 5) is 10.8. The van der Waals surface area contributed by atoms with Gasteiger partial charge in [0.15, 0.2) is 5.78 Å². The lowest BCUT2D eigenvalue weighted by molar-refractivity contribution is -0.118. The lowest BCUT2D eigenvalue weighted by atomic mass is 10.1. The van der Waals surface area contributed by atoms with E-state index in [0.29, 0.717) is 18.4 Å². The number of aliphatic hydroxyl groups excluding tert-OH is 2. The lowest BCUT2D eigenvalue weighted by Gasteiger charge is -1.96. The van der Waals surface area contributed by atoms with Gasteiger partial charge in [0.25, 0.3) is 0 Å². The van der Waals surface area contributed by atoms with E-state index < -0.39 is 6.61 Å². The fraction of sp³-hybridized carbons (Fsp3) is 0.571. The van der Waals surface area contributed by atoms with Crippen LogP contribution in [0.15, 0.2) is 11.3 Å².